The van der Waals surface area contributed by atoms with E-state index in [0.29, 0.717) is 0 Å². The first-order valence-corrected chi connectivity index (χ1v) is 22.6. The molecular weight excluding hydrogens is 787 g/mol. The summed E-state index contributed by atoms with van der Waals surface area (Å²) in [5.74, 6) is 0. The zero-order valence-corrected chi connectivity index (χ0v) is 35.9. The molecule has 306 valence electrons. The first-order chi connectivity index (χ1) is 32.1. The van der Waals surface area contributed by atoms with Crippen LogP contribution in [0.1, 0.15) is 45.9 Å². The second-order valence-corrected chi connectivity index (χ2v) is 17.7. The largest absolute Gasteiger partial charge is 0.456 e. The van der Waals surface area contributed by atoms with Crippen molar-refractivity contribution in [3.05, 3.63) is 282 Å². The van der Waals surface area contributed by atoms with E-state index in [-0.39, 0.29) is 5.41 Å². The number of hydrogen-bond donors (Lipinski definition) is 0. The average molecular weight is 830 g/mol. The summed E-state index contributed by atoms with van der Waals surface area (Å²) in [7, 11) is 0. The topological polar surface area (TPSA) is 16.4 Å². The van der Waals surface area contributed by atoms with Gasteiger partial charge in [0.25, 0.3) is 0 Å². The molecule has 11 aromatic rings. The van der Waals surface area contributed by atoms with Gasteiger partial charge in [-0.25, -0.2) is 0 Å². The van der Waals surface area contributed by atoms with Gasteiger partial charge < -0.3 is 9.32 Å². The van der Waals surface area contributed by atoms with Gasteiger partial charge in [-0.15, -0.1) is 0 Å². The van der Waals surface area contributed by atoms with Gasteiger partial charge in [0.15, 0.2) is 0 Å². The van der Waals surface area contributed by atoms with Crippen molar-refractivity contribution in [1.29, 1.82) is 0 Å². The predicted octanol–water partition coefficient (Wildman–Crippen LogP) is 16.4. The quantitative estimate of drug-likeness (QED) is 0.159. The van der Waals surface area contributed by atoms with Gasteiger partial charge in [0, 0.05) is 22.2 Å². The molecule has 1 unspecified atom stereocenters. The Labute approximate surface area is 379 Å². The molecule has 0 amide bonds. The molecule has 0 fully saturated rings. The molecule has 0 aliphatic heterocycles. The van der Waals surface area contributed by atoms with Gasteiger partial charge in [-0.3, -0.25) is 0 Å². The molecule has 2 aliphatic carbocycles. The summed E-state index contributed by atoms with van der Waals surface area (Å²) in [4.78, 5) is 2.43. The van der Waals surface area contributed by atoms with E-state index in [4.69, 9.17) is 4.42 Å². The zero-order chi connectivity index (χ0) is 43.1. The van der Waals surface area contributed by atoms with Crippen molar-refractivity contribution in [2.24, 2.45) is 0 Å². The summed E-state index contributed by atoms with van der Waals surface area (Å²) < 4.78 is 6.52. The monoisotopic (exact) mass is 829 g/mol. The smallest absolute Gasteiger partial charge is 0.137 e. The minimum absolute atomic E-state index is 0.341. The van der Waals surface area contributed by atoms with Crippen molar-refractivity contribution >= 4 is 39.0 Å². The first-order valence-electron chi connectivity index (χ1n) is 22.6. The lowest BCUT2D eigenvalue weighted by molar-refractivity contribution is 0.669. The summed E-state index contributed by atoms with van der Waals surface area (Å²) in [5, 5.41) is 2.19. The maximum atomic E-state index is 6.52. The van der Waals surface area contributed by atoms with Crippen LogP contribution in [0, 0.1) is 0 Å². The zero-order valence-electron chi connectivity index (χ0n) is 35.9. The number of anilines is 3. The van der Waals surface area contributed by atoms with E-state index in [1.165, 1.54) is 72.3 Å². The lowest BCUT2D eigenvalue weighted by Crippen LogP contribution is -2.28. The van der Waals surface area contributed by atoms with Crippen LogP contribution in [-0.2, 0) is 10.8 Å². The van der Waals surface area contributed by atoms with Crippen LogP contribution in [0.5, 0.6) is 0 Å². The van der Waals surface area contributed by atoms with Crippen LogP contribution in [0.2, 0.25) is 0 Å². The molecule has 10 aromatic carbocycles. The number of para-hydroxylation sites is 1. The molecule has 2 aliphatic rings. The summed E-state index contributed by atoms with van der Waals surface area (Å²) in [6.45, 7) is 2.39. The van der Waals surface area contributed by atoms with Gasteiger partial charge in [0.2, 0.25) is 0 Å². The Bertz CT molecular complexity index is 3570. The molecule has 2 heteroatoms. The number of furan rings is 1. The molecule has 2 nitrogen and oxygen atoms in total. The predicted molar refractivity (Wildman–Crippen MR) is 269 cm³/mol. The van der Waals surface area contributed by atoms with Crippen molar-refractivity contribution in [3.8, 4) is 33.4 Å². The van der Waals surface area contributed by atoms with E-state index in [0.717, 1.165) is 39.0 Å². The number of benzene rings is 10. The fourth-order valence-corrected chi connectivity index (χ4v) is 11.6. The molecule has 65 heavy (non-hydrogen) atoms. The van der Waals surface area contributed by atoms with Gasteiger partial charge in [-0.2, -0.15) is 0 Å². The third kappa shape index (κ3) is 5.35. The Morgan fingerprint density at radius 2 is 0.908 bits per heavy atom. The van der Waals surface area contributed by atoms with Crippen molar-refractivity contribution < 1.29 is 4.42 Å². The van der Waals surface area contributed by atoms with E-state index in [1.54, 1.807) is 0 Å². The second kappa shape index (κ2) is 14.4. The SMILES string of the molecule is CC1(c2ccccc2)c2ccccc2-c2ccc(N(c3ccc(-c4cccc5c4-c4ccccc4C5(c4ccccc4)c4ccccc4)cc3)c3cccc4oc5ccccc5c34)cc21. The minimum Gasteiger partial charge on any atom is -0.456 e. The molecule has 0 radical (unpaired) electrons. The number of fused-ring (bicyclic) bond motifs is 9. The molecule has 0 saturated heterocycles. The second-order valence-electron chi connectivity index (χ2n) is 17.7. The van der Waals surface area contributed by atoms with Gasteiger partial charge in [0.05, 0.1) is 16.5 Å². The molecule has 0 spiro atoms. The molecule has 0 N–H and O–H groups in total. The molecule has 0 saturated carbocycles. The number of nitrogens with zero attached hydrogens (tertiary/aromatic N) is 1. The van der Waals surface area contributed by atoms with Crippen LogP contribution in [-0.4, -0.2) is 0 Å². The summed E-state index contributed by atoms with van der Waals surface area (Å²) in [5.41, 5.74) is 20.8. The van der Waals surface area contributed by atoms with Crippen LogP contribution in [0.4, 0.5) is 17.1 Å². The first kappa shape index (κ1) is 37.4. The molecule has 1 aromatic heterocycles. The molecule has 1 atom stereocenters. The number of rotatable bonds is 7. The fourth-order valence-electron chi connectivity index (χ4n) is 11.6. The number of hydrogen-bond acceptors (Lipinski definition) is 2. The van der Waals surface area contributed by atoms with Crippen LogP contribution >= 0.6 is 0 Å². The third-order valence-corrected chi connectivity index (χ3v) is 14.4. The summed E-state index contributed by atoms with van der Waals surface area (Å²) in [6, 6.07) is 89.0. The van der Waals surface area contributed by atoms with Gasteiger partial charge in [0.1, 0.15) is 11.2 Å². The highest BCUT2D eigenvalue weighted by Gasteiger charge is 2.47. The highest BCUT2D eigenvalue weighted by molar-refractivity contribution is 6.13. The Morgan fingerprint density at radius 1 is 0.369 bits per heavy atom. The lowest BCUT2D eigenvalue weighted by Gasteiger charge is -2.34. The van der Waals surface area contributed by atoms with E-state index in [1.807, 2.05) is 6.07 Å². The van der Waals surface area contributed by atoms with Crippen LogP contribution < -0.4 is 4.90 Å². The fraction of sp³-hybridized carbons (Fsp3) is 0.0476. The van der Waals surface area contributed by atoms with Crippen molar-refractivity contribution in [1.82, 2.24) is 0 Å². The van der Waals surface area contributed by atoms with E-state index >= 15 is 0 Å². The Morgan fingerprint density at radius 3 is 1.65 bits per heavy atom. The lowest BCUT2D eigenvalue weighted by atomic mass is 9.67. The standard InChI is InChI=1S/C63H43NO/c1-62(43-19-5-2-6-20-43)53-29-14-11-25-49(53)50-40-39-47(41-56(50)62)64(57-32-18-34-59-61(57)52-27-13-16-33-58(52)65-59)46-37-35-42(36-38-46)48-28-17-31-55-60(48)51-26-12-15-30-54(51)63(55,44-21-7-3-8-22-44)45-23-9-4-10-24-45/h2-41H,1H3. The average Bonchev–Trinajstić information content (AvgIpc) is 4.00. The highest BCUT2D eigenvalue weighted by Crippen LogP contribution is 2.59. The van der Waals surface area contributed by atoms with Gasteiger partial charge in [-0.1, -0.05) is 200 Å². The molecule has 1 heterocycles. The van der Waals surface area contributed by atoms with E-state index in [9.17, 15) is 0 Å². The Hall–Kier alpha value is -8.20. The Kier molecular flexibility index (Phi) is 8.29. The maximum absolute atomic E-state index is 6.52. The van der Waals surface area contributed by atoms with Crippen molar-refractivity contribution in [2.75, 3.05) is 4.90 Å². The molecular formula is C63H43NO. The van der Waals surface area contributed by atoms with Crippen LogP contribution in [0.3, 0.4) is 0 Å². The normalized spacial score (nSPS) is 15.3. The molecule has 13 rings (SSSR count). The highest BCUT2D eigenvalue weighted by atomic mass is 16.3. The van der Waals surface area contributed by atoms with Gasteiger partial charge >= 0.3 is 0 Å². The molecule has 0 bridgehead atoms. The summed E-state index contributed by atoms with van der Waals surface area (Å²) in [6.07, 6.45) is 0. The minimum atomic E-state index is -0.464. The van der Waals surface area contributed by atoms with Crippen molar-refractivity contribution in [3.63, 3.8) is 0 Å². The van der Waals surface area contributed by atoms with Crippen molar-refractivity contribution in [2.45, 2.75) is 17.8 Å². The van der Waals surface area contributed by atoms with Crippen LogP contribution in [0.25, 0.3) is 55.3 Å². The van der Waals surface area contributed by atoms with E-state index < -0.39 is 5.41 Å². The van der Waals surface area contributed by atoms with Gasteiger partial charge in [-0.05, 0) is 122 Å². The maximum Gasteiger partial charge on any atom is 0.137 e. The summed E-state index contributed by atoms with van der Waals surface area (Å²) >= 11 is 0. The third-order valence-electron chi connectivity index (χ3n) is 14.4. The Balaban J connectivity index is 1.01. The van der Waals surface area contributed by atoms with E-state index in [2.05, 4.69) is 248 Å². The van der Waals surface area contributed by atoms with Crippen LogP contribution in [0.15, 0.2) is 247 Å².